The van der Waals surface area contributed by atoms with Crippen LogP contribution in [0.4, 0.5) is 5.69 Å². The van der Waals surface area contributed by atoms with Crippen molar-refractivity contribution in [3.05, 3.63) is 59.7 Å². The van der Waals surface area contributed by atoms with Crippen LogP contribution in [0.15, 0.2) is 48.5 Å². The van der Waals surface area contributed by atoms with Gasteiger partial charge in [-0.1, -0.05) is 24.3 Å². The molecule has 1 amide bonds. The summed E-state index contributed by atoms with van der Waals surface area (Å²) in [7, 11) is 5.52. The smallest absolute Gasteiger partial charge is 0.310 e. The van der Waals surface area contributed by atoms with Crippen molar-refractivity contribution in [2.24, 2.45) is 0 Å². The topological polar surface area (TPSA) is 67.9 Å². The summed E-state index contributed by atoms with van der Waals surface area (Å²) < 4.78 is 10.1. The van der Waals surface area contributed by atoms with Crippen LogP contribution in [0, 0.1) is 0 Å². The molecule has 0 spiro atoms. The van der Waals surface area contributed by atoms with Gasteiger partial charge in [-0.3, -0.25) is 9.59 Å². The van der Waals surface area contributed by atoms with Crippen LogP contribution in [0.2, 0.25) is 0 Å². The largest absolute Gasteiger partial charge is 0.497 e. The van der Waals surface area contributed by atoms with E-state index in [-0.39, 0.29) is 18.9 Å². The summed E-state index contributed by atoms with van der Waals surface area (Å²) in [6.45, 7) is 0.105. The molecule has 0 atom stereocenters. The van der Waals surface area contributed by atoms with Gasteiger partial charge >= 0.3 is 5.97 Å². The van der Waals surface area contributed by atoms with Crippen LogP contribution in [0.1, 0.15) is 11.1 Å². The second kappa shape index (κ2) is 9.46. The van der Waals surface area contributed by atoms with Crippen LogP contribution >= 0.6 is 0 Å². The van der Waals surface area contributed by atoms with Crippen LogP contribution in [0.3, 0.4) is 0 Å². The average Bonchev–Trinajstić information content (AvgIpc) is 2.65. The second-order valence-corrected chi connectivity index (χ2v) is 6.02. The number of nitrogens with one attached hydrogen (secondary N) is 1. The first-order valence-corrected chi connectivity index (χ1v) is 8.29. The van der Waals surface area contributed by atoms with Gasteiger partial charge in [0, 0.05) is 26.3 Å². The molecule has 6 heteroatoms. The lowest BCUT2D eigenvalue weighted by Gasteiger charge is -2.13. The van der Waals surface area contributed by atoms with E-state index >= 15 is 0 Å². The van der Waals surface area contributed by atoms with E-state index in [0.29, 0.717) is 6.54 Å². The molecule has 2 aromatic rings. The Balaban J connectivity index is 1.71. The molecule has 0 aliphatic rings. The molecule has 2 aromatic carbocycles. The monoisotopic (exact) mass is 356 g/mol. The SMILES string of the molecule is COc1ccc(CC(=O)OCC(=O)NCc2ccc(N(C)C)cc2)cc1. The maximum absolute atomic E-state index is 11.8. The van der Waals surface area contributed by atoms with Gasteiger partial charge < -0.3 is 19.7 Å². The number of anilines is 1. The second-order valence-electron chi connectivity index (χ2n) is 6.02. The predicted octanol–water partition coefficient (Wildman–Crippen LogP) is 2.16. The first kappa shape index (κ1) is 19.3. The van der Waals surface area contributed by atoms with Crippen molar-refractivity contribution in [2.45, 2.75) is 13.0 Å². The highest BCUT2D eigenvalue weighted by Gasteiger charge is 2.09. The lowest BCUT2D eigenvalue weighted by Crippen LogP contribution is -2.28. The van der Waals surface area contributed by atoms with Gasteiger partial charge in [-0.15, -0.1) is 0 Å². The first-order valence-electron chi connectivity index (χ1n) is 8.29. The van der Waals surface area contributed by atoms with Crippen LogP contribution in [0.25, 0.3) is 0 Å². The van der Waals surface area contributed by atoms with Crippen LogP contribution in [-0.2, 0) is 27.3 Å². The summed E-state index contributed by atoms with van der Waals surface area (Å²) in [5.74, 6) is -0.0504. The molecule has 0 aromatic heterocycles. The Bertz CT molecular complexity index is 724. The Kier molecular flexibility index (Phi) is 7.02. The molecule has 138 valence electrons. The number of ether oxygens (including phenoxy) is 2. The molecule has 6 nitrogen and oxygen atoms in total. The Labute approximate surface area is 153 Å². The first-order chi connectivity index (χ1) is 12.5. The Morgan fingerprint density at radius 3 is 2.15 bits per heavy atom. The van der Waals surface area contributed by atoms with Crippen molar-refractivity contribution < 1.29 is 19.1 Å². The summed E-state index contributed by atoms with van der Waals surface area (Å²) in [6.07, 6.45) is 0.114. The summed E-state index contributed by atoms with van der Waals surface area (Å²) in [5, 5.41) is 2.74. The minimum Gasteiger partial charge on any atom is -0.497 e. The zero-order valence-corrected chi connectivity index (χ0v) is 15.3. The zero-order valence-electron chi connectivity index (χ0n) is 15.3. The van der Waals surface area contributed by atoms with E-state index in [1.54, 1.807) is 31.4 Å². The molecule has 0 fully saturated rings. The fraction of sp³-hybridized carbons (Fsp3) is 0.300. The summed E-state index contributed by atoms with van der Waals surface area (Å²) in [6, 6.07) is 15.0. The number of hydrogen-bond donors (Lipinski definition) is 1. The summed E-state index contributed by atoms with van der Waals surface area (Å²) in [5.41, 5.74) is 2.87. The highest BCUT2D eigenvalue weighted by Crippen LogP contribution is 2.13. The molecule has 0 unspecified atom stereocenters. The van der Waals surface area contributed by atoms with Crippen molar-refractivity contribution >= 4 is 17.6 Å². The molecule has 0 bridgehead atoms. The average molecular weight is 356 g/mol. The third-order valence-electron chi connectivity index (χ3n) is 3.81. The maximum Gasteiger partial charge on any atom is 0.310 e. The Hall–Kier alpha value is -3.02. The third kappa shape index (κ3) is 6.12. The maximum atomic E-state index is 11.8. The number of nitrogens with zero attached hydrogens (tertiary/aromatic N) is 1. The van der Waals surface area contributed by atoms with Gasteiger partial charge in [0.25, 0.3) is 5.91 Å². The fourth-order valence-corrected chi connectivity index (χ4v) is 2.27. The molecule has 0 saturated heterocycles. The molecule has 0 radical (unpaired) electrons. The lowest BCUT2D eigenvalue weighted by molar-refractivity contribution is -0.147. The number of hydrogen-bond acceptors (Lipinski definition) is 5. The number of carbonyl (C=O) groups is 2. The van der Waals surface area contributed by atoms with Crippen molar-refractivity contribution in [2.75, 3.05) is 32.7 Å². The van der Waals surface area contributed by atoms with E-state index in [1.165, 1.54) is 0 Å². The number of amides is 1. The highest BCUT2D eigenvalue weighted by atomic mass is 16.5. The van der Waals surface area contributed by atoms with E-state index in [4.69, 9.17) is 9.47 Å². The van der Waals surface area contributed by atoms with Crippen LogP contribution < -0.4 is 15.0 Å². The molecular weight excluding hydrogens is 332 g/mol. The van der Waals surface area contributed by atoms with Gasteiger partial charge in [0.05, 0.1) is 13.5 Å². The van der Waals surface area contributed by atoms with Crippen molar-refractivity contribution in [1.82, 2.24) is 5.32 Å². The van der Waals surface area contributed by atoms with Gasteiger partial charge in [-0.2, -0.15) is 0 Å². The van der Waals surface area contributed by atoms with E-state index < -0.39 is 5.97 Å². The lowest BCUT2D eigenvalue weighted by atomic mass is 10.1. The minimum atomic E-state index is -0.444. The zero-order chi connectivity index (χ0) is 18.9. The van der Waals surface area contributed by atoms with Crippen molar-refractivity contribution in [3.8, 4) is 5.75 Å². The summed E-state index contributed by atoms with van der Waals surface area (Å²) >= 11 is 0. The molecular formula is C20H24N2O4. The molecule has 0 saturated carbocycles. The Morgan fingerprint density at radius 2 is 1.58 bits per heavy atom. The fourth-order valence-electron chi connectivity index (χ4n) is 2.27. The van der Waals surface area contributed by atoms with Gasteiger partial charge in [0.2, 0.25) is 0 Å². The van der Waals surface area contributed by atoms with Gasteiger partial charge in [-0.05, 0) is 35.4 Å². The summed E-state index contributed by atoms with van der Waals surface area (Å²) in [4.78, 5) is 25.6. The van der Waals surface area contributed by atoms with Crippen molar-refractivity contribution in [3.63, 3.8) is 0 Å². The van der Waals surface area contributed by atoms with Gasteiger partial charge in [0.1, 0.15) is 5.75 Å². The molecule has 2 rings (SSSR count). The van der Waals surface area contributed by atoms with E-state index in [2.05, 4.69) is 5.32 Å². The van der Waals surface area contributed by atoms with Crippen molar-refractivity contribution in [1.29, 1.82) is 0 Å². The molecule has 0 aliphatic carbocycles. The predicted molar refractivity (Wildman–Crippen MR) is 100 cm³/mol. The number of benzene rings is 2. The molecule has 1 N–H and O–H groups in total. The third-order valence-corrected chi connectivity index (χ3v) is 3.81. The minimum absolute atomic E-state index is 0.114. The molecule has 26 heavy (non-hydrogen) atoms. The standard InChI is InChI=1S/C20H24N2O4/c1-22(2)17-8-4-16(5-9-17)13-21-19(23)14-26-20(24)12-15-6-10-18(25-3)11-7-15/h4-11H,12-14H2,1-3H3,(H,21,23). The molecule has 0 aliphatic heterocycles. The number of methoxy groups -OCH3 is 1. The Morgan fingerprint density at radius 1 is 0.962 bits per heavy atom. The van der Waals surface area contributed by atoms with Gasteiger partial charge in [-0.25, -0.2) is 0 Å². The normalized spacial score (nSPS) is 10.1. The number of esters is 1. The van der Waals surface area contributed by atoms with E-state index in [9.17, 15) is 9.59 Å². The quantitative estimate of drug-likeness (QED) is 0.734. The number of rotatable bonds is 8. The van der Waals surface area contributed by atoms with Gasteiger partial charge in [0.15, 0.2) is 6.61 Å². The molecule has 0 heterocycles. The van der Waals surface area contributed by atoms with Crippen LogP contribution in [0.5, 0.6) is 5.75 Å². The van der Waals surface area contributed by atoms with E-state index in [1.807, 2.05) is 43.3 Å². The number of carbonyl (C=O) groups excluding carboxylic acids is 2. The van der Waals surface area contributed by atoms with Crippen LogP contribution in [-0.4, -0.2) is 39.7 Å². The van der Waals surface area contributed by atoms with E-state index in [0.717, 1.165) is 22.6 Å². The highest BCUT2D eigenvalue weighted by molar-refractivity contribution is 5.81.